The second-order valence-electron chi connectivity index (χ2n) is 6.58. The minimum Gasteiger partial charge on any atom is -0.346 e. The minimum atomic E-state index is 0.396. The first kappa shape index (κ1) is 13.2. The van der Waals surface area contributed by atoms with Crippen molar-refractivity contribution in [2.45, 2.75) is 38.3 Å². The smallest absolute Gasteiger partial charge is 0.184 e. The summed E-state index contributed by atoms with van der Waals surface area (Å²) >= 11 is 0. The van der Waals surface area contributed by atoms with E-state index in [1.807, 2.05) is 4.68 Å². The summed E-state index contributed by atoms with van der Waals surface area (Å²) in [6.45, 7) is 3.16. The van der Waals surface area contributed by atoms with Crippen LogP contribution in [0.4, 0.5) is 0 Å². The summed E-state index contributed by atoms with van der Waals surface area (Å²) in [7, 11) is 0. The fraction of sp³-hybridized carbons (Fsp3) is 0.471. The van der Waals surface area contributed by atoms with Crippen LogP contribution in [-0.2, 0) is 13.0 Å². The predicted octanol–water partition coefficient (Wildman–Crippen LogP) is 2.17. The van der Waals surface area contributed by atoms with Gasteiger partial charge in [-0.3, -0.25) is 0 Å². The van der Waals surface area contributed by atoms with Crippen LogP contribution >= 0.6 is 0 Å². The lowest BCUT2D eigenvalue weighted by molar-refractivity contribution is 0.340. The van der Waals surface area contributed by atoms with Gasteiger partial charge in [0.2, 0.25) is 0 Å². The normalized spacial score (nSPS) is 18.6. The molecule has 5 rings (SSSR count). The number of aryl methyl sites for hydroxylation is 2. The zero-order valence-electron chi connectivity index (χ0n) is 13.1. The number of hydrogen-bond donors (Lipinski definition) is 1. The van der Waals surface area contributed by atoms with Gasteiger partial charge in [-0.1, -0.05) is 18.2 Å². The van der Waals surface area contributed by atoms with E-state index in [0.29, 0.717) is 6.04 Å². The Morgan fingerprint density at radius 3 is 3.00 bits per heavy atom. The molecule has 0 amide bonds. The first-order chi connectivity index (χ1) is 11.4. The second-order valence-corrected chi connectivity index (χ2v) is 6.58. The summed E-state index contributed by atoms with van der Waals surface area (Å²) in [5.74, 6) is 0.916. The Bertz CT molecular complexity index is 855. The number of piperidine rings is 1. The SMILES string of the molecule is c1cc2c3c(c1)c(-c1nnnn1C1CCNCC1)cn3CCC2. The van der Waals surface area contributed by atoms with Gasteiger partial charge in [0.25, 0.3) is 0 Å². The van der Waals surface area contributed by atoms with Gasteiger partial charge in [0.05, 0.1) is 11.6 Å². The highest BCUT2D eigenvalue weighted by atomic mass is 15.6. The summed E-state index contributed by atoms with van der Waals surface area (Å²) in [4.78, 5) is 0. The predicted molar refractivity (Wildman–Crippen MR) is 88.2 cm³/mol. The van der Waals surface area contributed by atoms with Crippen LogP contribution in [0.5, 0.6) is 0 Å². The van der Waals surface area contributed by atoms with Gasteiger partial charge in [-0.2, -0.15) is 0 Å². The van der Waals surface area contributed by atoms with Crippen LogP contribution in [0.1, 0.15) is 30.9 Å². The molecule has 1 N–H and O–H groups in total. The summed E-state index contributed by atoms with van der Waals surface area (Å²) in [5.41, 5.74) is 3.99. The first-order valence-electron chi connectivity index (χ1n) is 8.51. The van der Waals surface area contributed by atoms with E-state index in [-0.39, 0.29) is 0 Å². The molecule has 2 aromatic heterocycles. The summed E-state index contributed by atoms with van der Waals surface area (Å²) in [6.07, 6.45) is 6.79. The largest absolute Gasteiger partial charge is 0.346 e. The summed E-state index contributed by atoms with van der Waals surface area (Å²) < 4.78 is 4.43. The van der Waals surface area contributed by atoms with Crippen LogP contribution in [-0.4, -0.2) is 37.9 Å². The quantitative estimate of drug-likeness (QED) is 0.788. The highest BCUT2D eigenvalue weighted by molar-refractivity contribution is 5.96. The topological polar surface area (TPSA) is 60.6 Å². The molecule has 6 nitrogen and oxygen atoms in total. The molecule has 0 radical (unpaired) electrons. The van der Waals surface area contributed by atoms with Gasteiger partial charge in [-0.15, -0.1) is 5.10 Å². The number of tetrazole rings is 1. The Hall–Kier alpha value is -2.21. The van der Waals surface area contributed by atoms with E-state index < -0.39 is 0 Å². The van der Waals surface area contributed by atoms with Crippen molar-refractivity contribution in [2.24, 2.45) is 0 Å². The first-order valence-corrected chi connectivity index (χ1v) is 8.51. The molecule has 1 saturated heterocycles. The molecule has 1 fully saturated rings. The monoisotopic (exact) mass is 308 g/mol. The Kier molecular flexibility index (Phi) is 2.97. The average molecular weight is 308 g/mol. The lowest BCUT2D eigenvalue weighted by Gasteiger charge is -2.23. The number of benzene rings is 1. The average Bonchev–Trinajstić information content (AvgIpc) is 3.22. The van der Waals surface area contributed by atoms with E-state index in [1.165, 1.54) is 34.9 Å². The third-order valence-electron chi connectivity index (χ3n) is 5.22. The summed E-state index contributed by atoms with van der Waals surface area (Å²) in [5, 5.41) is 17.4. The maximum absolute atomic E-state index is 4.38. The molecule has 1 aromatic carbocycles. The van der Waals surface area contributed by atoms with Crippen LogP contribution in [0.3, 0.4) is 0 Å². The fourth-order valence-corrected chi connectivity index (χ4v) is 4.10. The molecular weight excluding hydrogens is 288 g/mol. The van der Waals surface area contributed by atoms with Gasteiger partial charge >= 0.3 is 0 Å². The standard InChI is InChI=1S/C17H20N6/c1-3-12-4-2-10-22-11-15(14(5-1)16(12)22)17-19-20-21-23(17)13-6-8-18-9-7-13/h1,3,5,11,13,18H,2,4,6-10H2. The van der Waals surface area contributed by atoms with Crippen LogP contribution in [0.2, 0.25) is 0 Å². The van der Waals surface area contributed by atoms with E-state index in [0.717, 1.165) is 38.3 Å². The van der Waals surface area contributed by atoms with Crippen molar-refractivity contribution in [3.63, 3.8) is 0 Å². The second kappa shape index (κ2) is 5.16. The van der Waals surface area contributed by atoms with Crippen LogP contribution < -0.4 is 5.32 Å². The van der Waals surface area contributed by atoms with Gasteiger partial charge in [0.1, 0.15) is 0 Å². The van der Waals surface area contributed by atoms with Crippen LogP contribution in [0, 0.1) is 0 Å². The number of aromatic nitrogens is 5. The Balaban J connectivity index is 1.68. The molecule has 0 spiro atoms. The molecule has 2 aliphatic rings. The lowest BCUT2D eigenvalue weighted by Crippen LogP contribution is -2.30. The molecule has 3 aromatic rings. The highest BCUT2D eigenvalue weighted by Gasteiger charge is 2.24. The minimum absolute atomic E-state index is 0.396. The van der Waals surface area contributed by atoms with Crippen molar-refractivity contribution in [3.8, 4) is 11.4 Å². The van der Waals surface area contributed by atoms with Gasteiger partial charge in [-0.25, -0.2) is 4.68 Å². The Labute approximate surface area is 134 Å². The number of para-hydroxylation sites is 1. The molecule has 4 heterocycles. The van der Waals surface area contributed by atoms with Gasteiger partial charge in [0, 0.05) is 23.7 Å². The van der Waals surface area contributed by atoms with E-state index in [2.05, 4.69) is 49.8 Å². The van der Waals surface area contributed by atoms with Gasteiger partial charge in [-0.05, 0) is 54.8 Å². The summed E-state index contributed by atoms with van der Waals surface area (Å²) in [6, 6.07) is 7.01. The molecule has 0 bridgehead atoms. The maximum Gasteiger partial charge on any atom is 0.184 e. The Morgan fingerprint density at radius 1 is 1.17 bits per heavy atom. The zero-order chi connectivity index (χ0) is 15.2. The van der Waals surface area contributed by atoms with E-state index >= 15 is 0 Å². The van der Waals surface area contributed by atoms with Gasteiger partial charge < -0.3 is 9.88 Å². The maximum atomic E-state index is 4.38. The molecule has 6 heteroatoms. The number of rotatable bonds is 2. The number of nitrogens with one attached hydrogen (secondary N) is 1. The lowest BCUT2D eigenvalue weighted by atomic mass is 10.0. The third kappa shape index (κ3) is 2.01. The molecule has 118 valence electrons. The van der Waals surface area contributed by atoms with Crippen molar-refractivity contribution in [1.82, 2.24) is 30.1 Å². The van der Waals surface area contributed by atoms with E-state index in [9.17, 15) is 0 Å². The van der Waals surface area contributed by atoms with Crippen molar-refractivity contribution < 1.29 is 0 Å². The van der Waals surface area contributed by atoms with E-state index in [4.69, 9.17) is 0 Å². The van der Waals surface area contributed by atoms with Crippen molar-refractivity contribution in [3.05, 3.63) is 30.0 Å². The van der Waals surface area contributed by atoms with Crippen LogP contribution in [0.15, 0.2) is 24.4 Å². The number of nitrogens with zero attached hydrogens (tertiary/aromatic N) is 5. The van der Waals surface area contributed by atoms with Crippen molar-refractivity contribution >= 4 is 10.9 Å². The fourth-order valence-electron chi connectivity index (χ4n) is 4.10. The Morgan fingerprint density at radius 2 is 2.09 bits per heavy atom. The molecule has 23 heavy (non-hydrogen) atoms. The number of hydrogen-bond acceptors (Lipinski definition) is 4. The molecule has 0 atom stereocenters. The third-order valence-corrected chi connectivity index (χ3v) is 5.22. The van der Waals surface area contributed by atoms with Crippen LogP contribution in [0.25, 0.3) is 22.3 Å². The van der Waals surface area contributed by atoms with E-state index in [1.54, 1.807) is 0 Å². The molecule has 0 unspecified atom stereocenters. The van der Waals surface area contributed by atoms with Crippen molar-refractivity contribution in [1.29, 1.82) is 0 Å². The zero-order valence-corrected chi connectivity index (χ0v) is 13.1. The van der Waals surface area contributed by atoms with Gasteiger partial charge in [0.15, 0.2) is 5.82 Å². The molecule has 2 aliphatic heterocycles. The van der Waals surface area contributed by atoms with Crippen molar-refractivity contribution in [2.75, 3.05) is 13.1 Å². The highest BCUT2D eigenvalue weighted by Crippen LogP contribution is 2.35. The molecular formula is C17H20N6. The molecule has 0 saturated carbocycles. The molecule has 0 aliphatic carbocycles.